The number of fused-ring (bicyclic) bond motifs is 2. The molecule has 4 aromatic heterocycles. The number of benzene rings is 2. The minimum absolute atomic E-state index is 0.0320. The zero-order valence-corrected chi connectivity index (χ0v) is 33.6. The molecule has 1 N–H and O–H groups in total. The number of nitro groups is 1. The van der Waals surface area contributed by atoms with E-state index in [0.717, 1.165) is 28.3 Å². The monoisotopic (exact) mass is 825 g/mol. The summed E-state index contributed by atoms with van der Waals surface area (Å²) in [4.78, 5) is 60.3. The van der Waals surface area contributed by atoms with Gasteiger partial charge in [-0.1, -0.05) is 36.4 Å². The minimum Gasteiger partial charge on any atom is -0.361 e. The molecule has 0 spiro atoms. The fourth-order valence-electron chi connectivity index (χ4n) is 6.49. The quantitative estimate of drug-likeness (QED) is 0.0514. The Balaban J connectivity index is 1.02. The van der Waals surface area contributed by atoms with Gasteiger partial charge < -0.3 is 19.5 Å². The van der Waals surface area contributed by atoms with Gasteiger partial charge >= 0.3 is 5.69 Å². The number of nitrogens with zero attached hydrogens (tertiary/aromatic N) is 8. The Morgan fingerprint density at radius 2 is 1.91 bits per heavy atom. The van der Waals surface area contributed by atoms with Crippen molar-refractivity contribution in [3.05, 3.63) is 129 Å². The molecule has 0 unspecified atom stereocenters. The van der Waals surface area contributed by atoms with Gasteiger partial charge in [0.1, 0.15) is 11.4 Å². The first kappa shape index (κ1) is 39.7. The third-order valence-electron chi connectivity index (χ3n) is 9.46. The molecule has 5 heterocycles. The summed E-state index contributed by atoms with van der Waals surface area (Å²) in [6.07, 6.45) is 9.34. The van der Waals surface area contributed by atoms with Crippen LogP contribution in [0.2, 0.25) is 0 Å². The fraction of sp³-hybridized carbons (Fsp3) is 0.282. The molecule has 1 atom stereocenters. The van der Waals surface area contributed by atoms with Crippen LogP contribution in [0.5, 0.6) is 0 Å². The number of carbonyl (C=O) groups is 2. The number of pyridine rings is 1. The molecule has 0 radical (unpaired) electrons. The summed E-state index contributed by atoms with van der Waals surface area (Å²) in [5.74, 6) is -1.23. The van der Waals surface area contributed by atoms with Gasteiger partial charge in [-0.25, -0.2) is 23.4 Å². The third-order valence-corrected chi connectivity index (χ3v) is 13.1. The molecule has 0 bridgehead atoms. The van der Waals surface area contributed by atoms with Gasteiger partial charge in [0.15, 0.2) is 32.2 Å². The lowest BCUT2D eigenvalue weighted by molar-refractivity contribution is -0.384. The number of ketones is 2. The molecular weight excluding hydrogens is 787 g/mol. The first-order valence-electron chi connectivity index (χ1n) is 18.0. The molecule has 1 aliphatic rings. The lowest BCUT2D eigenvalue weighted by Gasteiger charge is -2.29. The second-order valence-electron chi connectivity index (χ2n) is 13.8. The van der Waals surface area contributed by atoms with Crippen LogP contribution in [0.25, 0.3) is 5.65 Å². The summed E-state index contributed by atoms with van der Waals surface area (Å²) in [5.41, 5.74) is 3.26. The van der Waals surface area contributed by atoms with Gasteiger partial charge in [-0.05, 0) is 56.7 Å². The number of thiazole rings is 1. The molecule has 0 saturated heterocycles. The van der Waals surface area contributed by atoms with E-state index in [-0.39, 0.29) is 29.8 Å². The van der Waals surface area contributed by atoms with Gasteiger partial charge in [0.2, 0.25) is 5.82 Å². The Kier molecular flexibility index (Phi) is 12.0. The topological polar surface area (TPSA) is 186 Å². The number of carbonyl (C=O) groups excluding carboxylic acids is 2. The Morgan fingerprint density at radius 1 is 1.09 bits per heavy atom. The zero-order chi connectivity index (χ0) is 40.1. The SMILES string of the molecule is CN(C)CC[C@H](CSc1ccccc1)Nc1ncc(S(=O)(=O)CC(=O)c2csc(N3CCc4cccc(C(=O)Cc5cn6ccncc6n5)c4C3)n2)cc1[N+](=O)[O-]. The lowest BCUT2D eigenvalue weighted by atomic mass is 9.92. The average Bonchev–Trinajstić information content (AvgIpc) is 3.86. The molecule has 15 nitrogen and oxygen atoms in total. The summed E-state index contributed by atoms with van der Waals surface area (Å²) < 4.78 is 28.8. The smallest absolute Gasteiger partial charge is 0.312 e. The molecule has 294 valence electrons. The Bertz CT molecular complexity index is 2510. The molecule has 18 heteroatoms. The van der Waals surface area contributed by atoms with Gasteiger partial charge in [-0.15, -0.1) is 23.1 Å². The van der Waals surface area contributed by atoms with Crippen molar-refractivity contribution in [3.63, 3.8) is 0 Å². The molecule has 2 aromatic carbocycles. The Hall–Kier alpha value is -5.56. The summed E-state index contributed by atoms with van der Waals surface area (Å²) in [6, 6.07) is 16.2. The Morgan fingerprint density at radius 3 is 2.68 bits per heavy atom. The number of hydrogen-bond acceptors (Lipinski definition) is 15. The number of hydrogen-bond donors (Lipinski definition) is 1. The largest absolute Gasteiger partial charge is 0.361 e. The van der Waals surface area contributed by atoms with Crippen molar-refractivity contribution < 1.29 is 22.9 Å². The fourth-order valence-corrected chi connectivity index (χ4v) is 9.50. The van der Waals surface area contributed by atoms with Crippen molar-refractivity contribution in [3.8, 4) is 0 Å². The van der Waals surface area contributed by atoms with E-state index in [0.29, 0.717) is 60.3 Å². The molecular formula is C39H39N9O6S3. The van der Waals surface area contributed by atoms with E-state index < -0.39 is 36.9 Å². The molecule has 0 fully saturated rings. The normalized spacial score (nSPS) is 13.4. The predicted octanol–water partition coefficient (Wildman–Crippen LogP) is 5.66. The van der Waals surface area contributed by atoms with E-state index in [1.165, 1.54) is 16.7 Å². The van der Waals surface area contributed by atoms with Crippen molar-refractivity contribution in [1.29, 1.82) is 0 Å². The summed E-state index contributed by atoms with van der Waals surface area (Å²) >= 11 is 2.80. The highest BCUT2D eigenvalue weighted by Gasteiger charge is 2.29. The van der Waals surface area contributed by atoms with Crippen LogP contribution in [0.1, 0.15) is 44.1 Å². The molecule has 1 aliphatic heterocycles. The van der Waals surface area contributed by atoms with E-state index in [1.807, 2.05) is 77.0 Å². The highest BCUT2D eigenvalue weighted by molar-refractivity contribution is 7.99. The maximum Gasteiger partial charge on any atom is 0.312 e. The van der Waals surface area contributed by atoms with Crippen LogP contribution in [0.3, 0.4) is 0 Å². The predicted molar refractivity (Wildman–Crippen MR) is 219 cm³/mol. The Labute approximate surface area is 337 Å². The summed E-state index contributed by atoms with van der Waals surface area (Å²) in [6.45, 7) is 1.67. The third kappa shape index (κ3) is 9.53. The van der Waals surface area contributed by atoms with Crippen LogP contribution in [0, 0.1) is 10.1 Å². The number of rotatable bonds is 17. The van der Waals surface area contributed by atoms with Crippen LogP contribution in [0.4, 0.5) is 16.6 Å². The minimum atomic E-state index is -4.33. The number of sulfone groups is 1. The first-order valence-corrected chi connectivity index (χ1v) is 21.6. The second kappa shape index (κ2) is 17.3. The van der Waals surface area contributed by atoms with Gasteiger partial charge in [0, 0.05) is 71.6 Å². The van der Waals surface area contributed by atoms with E-state index >= 15 is 0 Å². The maximum atomic E-state index is 13.6. The average molecular weight is 826 g/mol. The number of imidazole rings is 1. The van der Waals surface area contributed by atoms with Crippen LogP contribution >= 0.6 is 23.1 Å². The van der Waals surface area contributed by atoms with Crippen LogP contribution in [-0.4, -0.2) is 98.9 Å². The van der Waals surface area contributed by atoms with Gasteiger partial charge in [0.25, 0.3) is 0 Å². The van der Waals surface area contributed by atoms with Crippen molar-refractivity contribution in [1.82, 2.24) is 29.2 Å². The molecule has 7 rings (SSSR count). The molecule has 0 aliphatic carbocycles. The summed E-state index contributed by atoms with van der Waals surface area (Å²) in [7, 11) is -0.459. The van der Waals surface area contributed by atoms with Gasteiger partial charge in [-0.3, -0.25) is 24.7 Å². The molecule has 0 amide bonds. The van der Waals surface area contributed by atoms with Crippen LogP contribution in [0.15, 0.2) is 101 Å². The van der Waals surface area contributed by atoms with Crippen molar-refractivity contribution in [2.24, 2.45) is 0 Å². The number of Topliss-reactive ketones (excluding diaryl/α,β-unsaturated/α-hetero) is 2. The first-order chi connectivity index (χ1) is 27.4. The number of anilines is 2. The lowest BCUT2D eigenvalue weighted by Crippen LogP contribution is -2.32. The number of aromatic nitrogens is 5. The number of thioether (sulfide) groups is 1. The standard InChI is InChI=1S/C39H39N9O6S3/c1-45(2)14-12-27(23-55-29-8-4-3-5-9-29)43-38-34(48(51)52)18-30(19-41-38)57(53,54)25-36(50)33-24-56-39(44-33)47-15-11-26-7-6-10-31(32(26)22-47)35(49)17-28-21-46-16-13-40-20-37(46)42-28/h3-10,13,16,18-21,24,27H,11-12,14-15,17,22-23,25H2,1-2H3,(H,41,43)/t27-/m1/s1. The van der Waals surface area contributed by atoms with E-state index in [2.05, 4.69) is 25.3 Å². The molecule has 0 saturated carbocycles. The highest BCUT2D eigenvalue weighted by Crippen LogP contribution is 2.32. The van der Waals surface area contributed by atoms with Gasteiger partial charge in [-0.2, -0.15) is 0 Å². The van der Waals surface area contributed by atoms with Crippen molar-refractivity contribution in [2.45, 2.75) is 41.6 Å². The highest BCUT2D eigenvalue weighted by atomic mass is 32.2. The maximum absolute atomic E-state index is 13.6. The van der Waals surface area contributed by atoms with Crippen LogP contribution < -0.4 is 10.2 Å². The van der Waals surface area contributed by atoms with E-state index in [1.54, 1.807) is 36.4 Å². The second-order valence-corrected chi connectivity index (χ2v) is 17.8. The van der Waals surface area contributed by atoms with Crippen molar-refractivity contribution >= 4 is 66.8 Å². The van der Waals surface area contributed by atoms with E-state index in [9.17, 15) is 28.1 Å². The van der Waals surface area contributed by atoms with Gasteiger partial charge in [0.05, 0.1) is 28.1 Å². The number of nitrogens with one attached hydrogen (secondary N) is 1. The summed E-state index contributed by atoms with van der Waals surface area (Å²) in [5, 5.41) is 17.4. The molecule has 6 aromatic rings. The zero-order valence-electron chi connectivity index (χ0n) is 31.1. The van der Waals surface area contributed by atoms with Crippen LogP contribution in [-0.2, 0) is 29.2 Å². The van der Waals surface area contributed by atoms with E-state index in [4.69, 9.17) is 0 Å². The van der Waals surface area contributed by atoms with Crippen molar-refractivity contribution in [2.75, 3.05) is 48.9 Å². The molecule has 57 heavy (non-hydrogen) atoms.